The summed E-state index contributed by atoms with van der Waals surface area (Å²) < 4.78 is 11.1. The van der Waals surface area contributed by atoms with Crippen LogP contribution in [0.3, 0.4) is 0 Å². The lowest BCUT2D eigenvalue weighted by molar-refractivity contribution is 0.371. The normalized spacial score (nSPS) is 13.9. The Bertz CT molecular complexity index is 709. The SMILES string of the molecule is COc1ccc(C2=Nc3ccc(C(C)(C)C)cc3OC2)cc1. The maximum atomic E-state index is 5.92. The predicted octanol–water partition coefficient (Wildman–Crippen LogP) is 4.51. The van der Waals surface area contributed by atoms with Crippen LogP contribution in [0.4, 0.5) is 5.69 Å². The predicted molar refractivity (Wildman–Crippen MR) is 89.8 cm³/mol. The van der Waals surface area contributed by atoms with Gasteiger partial charge in [0.25, 0.3) is 0 Å². The van der Waals surface area contributed by atoms with Crippen LogP contribution in [0.1, 0.15) is 31.9 Å². The van der Waals surface area contributed by atoms with E-state index in [0.717, 1.165) is 28.5 Å². The van der Waals surface area contributed by atoms with Gasteiger partial charge in [0.15, 0.2) is 0 Å². The maximum Gasteiger partial charge on any atom is 0.145 e. The van der Waals surface area contributed by atoms with Gasteiger partial charge in [-0.1, -0.05) is 26.8 Å². The Morgan fingerprint density at radius 3 is 2.41 bits per heavy atom. The molecule has 0 saturated carbocycles. The Labute approximate surface area is 131 Å². The number of aliphatic imine (C=N–C) groups is 1. The molecule has 0 atom stereocenters. The van der Waals surface area contributed by atoms with Crippen molar-refractivity contribution in [3.63, 3.8) is 0 Å². The molecule has 0 bridgehead atoms. The number of hydrogen-bond donors (Lipinski definition) is 0. The van der Waals surface area contributed by atoms with Gasteiger partial charge in [0.1, 0.15) is 23.8 Å². The molecule has 0 unspecified atom stereocenters. The molecule has 2 aromatic carbocycles. The van der Waals surface area contributed by atoms with Crippen LogP contribution in [0.5, 0.6) is 11.5 Å². The minimum atomic E-state index is 0.109. The summed E-state index contributed by atoms with van der Waals surface area (Å²) in [5.74, 6) is 1.71. The van der Waals surface area contributed by atoms with Crippen molar-refractivity contribution >= 4 is 11.4 Å². The Hall–Kier alpha value is -2.29. The Balaban J connectivity index is 1.93. The molecule has 0 saturated heterocycles. The summed E-state index contributed by atoms with van der Waals surface area (Å²) in [6, 6.07) is 14.2. The molecule has 1 heterocycles. The molecule has 0 amide bonds. The number of benzene rings is 2. The first-order valence-electron chi connectivity index (χ1n) is 7.47. The monoisotopic (exact) mass is 295 g/mol. The summed E-state index contributed by atoms with van der Waals surface area (Å²) in [4.78, 5) is 4.75. The van der Waals surface area contributed by atoms with Crippen molar-refractivity contribution < 1.29 is 9.47 Å². The lowest BCUT2D eigenvalue weighted by Gasteiger charge is -2.23. The Kier molecular flexibility index (Phi) is 3.65. The molecule has 1 aliphatic rings. The summed E-state index contributed by atoms with van der Waals surface area (Å²) in [5.41, 5.74) is 4.27. The van der Waals surface area contributed by atoms with Crippen LogP contribution in [-0.4, -0.2) is 19.4 Å². The van der Waals surface area contributed by atoms with Crippen LogP contribution in [0.2, 0.25) is 0 Å². The second-order valence-electron chi connectivity index (χ2n) is 6.51. The Morgan fingerprint density at radius 1 is 1.05 bits per heavy atom. The number of ether oxygens (including phenoxy) is 2. The van der Waals surface area contributed by atoms with Crippen molar-refractivity contribution in [2.45, 2.75) is 26.2 Å². The summed E-state index contributed by atoms with van der Waals surface area (Å²) in [6.07, 6.45) is 0. The molecule has 0 aromatic heterocycles. The number of fused-ring (bicyclic) bond motifs is 1. The topological polar surface area (TPSA) is 30.8 Å². The molecule has 2 aromatic rings. The molecule has 0 spiro atoms. The minimum Gasteiger partial charge on any atom is -0.497 e. The third kappa shape index (κ3) is 2.84. The summed E-state index contributed by atoms with van der Waals surface area (Å²) in [7, 11) is 1.67. The summed E-state index contributed by atoms with van der Waals surface area (Å²) in [5, 5.41) is 0. The standard InChI is InChI=1S/C19H21NO2/c1-19(2,3)14-7-10-16-18(11-14)22-12-17(20-16)13-5-8-15(21-4)9-6-13/h5-11H,12H2,1-4H3. The van der Waals surface area contributed by atoms with E-state index in [1.54, 1.807) is 7.11 Å². The van der Waals surface area contributed by atoms with E-state index < -0.39 is 0 Å². The van der Waals surface area contributed by atoms with Gasteiger partial charge in [-0.3, -0.25) is 0 Å². The fourth-order valence-electron chi connectivity index (χ4n) is 2.44. The van der Waals surface area contributed by atoms with E-state index in [2.05, 4.69) is 32.9 Å². The summed E-state index contributed by atoms with van der Waals surface area (Å²) in [6.45, 7) is 7.09. The van der Waals surface area contributed by atoms with Crippen molar-refractivity contribution in [1.82, 2.24) is 0 Å². The lowest BCUT2D eigenvalue weighted by atomic mass is 9.87. The van der Waals surface area contributed by atoms with Gasteiger partial charge in [0, 0.05) is 0 Å². The first kappa shape index (κ1) is 14.6. The second kappa shape index (κ2) is 5.48. The average molecular weight is 295 g/mol. The van der Waals surface area contributed by atoms with Gasteiger partial charge in [-0.15, -0.1) is 0 Å². The molecular formula is C19H21NO2. The fraction of sp³-hybridized carbons (Fsp3) is 0.316. The fourth-order valence-corrected chi connectivity index (χ4v) is 2.44. The van der Waals surface area contributed by atoms with Gasteiger partial charge in [-0.05, 0) is 52.9 Å². The molecule has 1 aliphatic heterocycles. The molecule has 3 nitrogen and oxygen atoms in total. The van der Waals surface area contributed by atoms with Crippen LogP contribution in [0, 0.1) is 0 Å². The van der Waals surface area contributed by atoms with E-state index >= 15 is 0 Å². The van der Waals surface area contributed by atoms with E-state index in [0.29, 0.717) is 6.61 Å². The minimum absolute atomic E-state index is 0.109. The van der Waals surface area contributed by atoms with Crippen LogP contribution in [-0.2, 0) is 5.41 Å². The van der Waals surface area contributed by atoms with Gasteiger partial charge in [-0.25, -0.2) is 4.99 Å². The average Bonchev–Trinajstić information content (AvgIpc) is 2.53. The van der Waals surface area contributed by atoms with Gasteiger partial charge in [0.05, 0.1) is 12.8 Å². The number of methoxy groups -OCH3 is 1. The summed E-state index contributed by atoms with van der Waals surface area (Å²) >= 11 is 0. The van der Waals surface area contributed by atoms with Gasteiger partial charge in [0.2, 0.25) is 0 Å². The highest BCUT2D eigenvalue weighted by Gasteiger charge is 2.19. The van der Waals surface area contributed by atoms with E-state index in [4.69, 9.17) is 14.5 Å². The molecule has 0 fully saturated rings. The first-order valence-corrected chi connectivity index (χ1v) is 7.47. The molecular weight excluding hydrogens is 274 g/mol. The van der Waals surface area contributed by atoms with Gasteiger partial charge in [-0.2, -0.15) is 0 Å². The van der Waals surface area contributed by atoms with Crippen molar-refractivity contribution in [1.29, 1.82) is 0 Å². The highest BCUT2D eigenvalue weighted by atomic mass is 16.5. The van der Waals surface area contributed by atoms with Crippen molar-refractivity contribution in [3.8, 4) is 11.5 Å². The number of rotatable bonds is 2. The third-order valence-electron chi connectivity index (χ3n) is 3.87. The molecule has 0 aliphatic carbocycles. The molecule has 3 heteroatoms. The van der Waals surface area contributed by atoms with Gasteiger partial charge < -0.3 is 9.47 Å². The number of nitrogens with zero attached hydrogens (tertiary/aromatic N) is 1. The van der Waals surface area contributed by atoms with Crippen LogP contribution < -0.4 is 9.47 Å². The molecule has 22 heavy (non-hydrogen) atoms. The quantitative estimate of drug-likeness (QED) is 0.816. The van der Waals surface area contributed by atoms with Crippen LogP contribution in [0.25, 0.3) is 0 Å². The number of hydrogen-bond acceptors (Lipinski definition) is 3. The van der Waals surface area contributed by atoms with Crippen molar-refractivity contribution in [2.24, 2.45) is 4.99 Å². The highest BCUT2D eigenvalue weighted by molar-refractivity contribution is 6.04. The van der Waals surface area contributed by atoms with E-state index in [1.165, 1.54) is 5.56 Å². The highest BCUT2D eigenvalue weighted by Crippen LogP contribution is 2.36. The van der Waals surface area contributed by atoms with E-state index in [-0.39, 0.29) is 5.41 Å². The smallest absolute Gasteiger partial charge is 0.145 e. The molecule has 114 valence electrons. The van der Waals surface area contributed by atoms with Crippen molar-refractivity contribution in [3.05, 3.63) is 53.6 Å². The largest absolute Gasteiger partial charge is 0.497 e. The third-order valence-corrected chi connectivity index (χ3v) is 3.87. The van der Waals surface area contributed by atoms with Crippen LogP contribution in [0.15, 0.2) is 47.5 Å². The molecule has 0 radical (unpaired) electrons. The lowest BCUT2D eigenvalue weighted by Crippen LogP contribution is -2.17. The second-order valence-corrected chi connectivity index (χ2v) is 6.51. The van der Waals surface area contributed by atoms with E-state index in [1.807, 2.05) is 30.3 Å². The Morgan fingerprint density at radius 2 is 1.77 bits per heavy atom. The molecule has 3 rings (SSSR count). The van der Waals surface area contributed by atoms with Crippen molar-refractivity contribution in [2.75, 3.05) is 13.7 Å². The van der Waals surface area contributed by atoms with E-state index in [9.17, 15) is 0 Å². The van der Waals surface area contributed by atoms with Crippen LogP contribution >= 0.6 is 0 Å². The first-order chi connectivity index (χ1) is 10.5. The maximum absolute atomic E-state index is 5.92. The zero-order valence-corrected chi connectivity index (χ0v) is 13.5. The zero-order valence-electron chi connectivity index (χ0n) is 13.5. The van der Waals surface area contributed by atoms with Gasteiger partial charge >= 0.3 is 0 Å². The zero-order chi connectivity index (χ0) is 15.7. The molecule has 0 N–H and O–H groups in total.